The van der Waals surface area contributed by atoms with Crippen LogP contribution in [0, 0.1) is 24.2 Å². The van der Waals surface area contributed by atoms with Crippen LogP contribution in [0.1, 0.15) is 49.9 Å². The van der Waals surface area contributed by atoms with Gasteiger partial charge in [0.25, 0.3) is 5.91 Å². The predicted molar refractivity (Wildman–Crippen MR) is 96.7 cm³/mol. The molecule has 9 heteroatoms. The van der Waals surface area contributed by atoms with Gasteiger partial charge < -0.3 is 24.5 Å². The number of hydrogen-bond donors (Lipinski definition) is 2. The SMILES string of the molecule is Cc1cc(C(=O)NCC(=O)NCB2O[C@@H]3C[C@@H]4C[C@@H](C4(C)C)[C@]3(C)O2)no1. The van der Waals surface area contributed by atoms with Crippen LogP contribution in [0.4, 0.5) is 0 Å². The summed E-state index contributed by atoms with van der Waals surface area (Å²) in [6.45, 7) is 8.31. The van der Waals surface area contributed by atoms with Gasteiger partial charge in [0.05, 0.1) is 24.7 Å². The van der Waals surface area contributed by atoms with E-state index in [1.54, 1.807) is 6.92 Å². The lowest BCUT2D eigenvalue weighted by Crippen LogP contribution is -2.65. The highest BCUT2D eigenvalue weighted by molar-refractivity contribution is 6.46. The molecule has 2 amide bonds. The number of carbonyl (C=O) groups excluding carboxylic acids is 2. The van der Waals surface area contributed by atoms with E-state index in [-0.39, 0.29) is 41.7 Å². The molecule has 1 saturated heterocycles. The fourth-order valence-corrected chi connectivity index (χ4v) is 5.02. The van der Waals surface area contributed by atoms with Crippen molar-refractivity contribution in [3.05, 3.63) is 17.5 Å². The molecular formula is C18H26BN3O5. The predicted octanol–water partition coefficient (Wildman–Crippen LogP) is 1.10. The van der Waals surface area contributed by atoms with Crippen LogP contribution in [0.15, 0.2) is 10.6 Å². The minimum atomic E-state index is -0.451. The fourth-order valence-electron chi connectivity index (χ4n) is 5.02. The first-order chi connectivity index (χ1) is 12.7. The molecule has 146 valence electrons. The van der Waals surface area contributed by atoms with Gasteiger partial charge in [0.2, 0.25) is 5.91 Å². The van der Waals surface area contributed by atoms with Crippen molar-refractivity contribution in [3.63, 3.8) is 0 Å². The summed E-state index contributed by atoms with van der Waals surface area (Å²) in [7, 11) is -0.451. The van der Waals surface area contributed by atoms with Crippen molar-refractivity contribution in [2.24, 2.45) is 17.3 Å². The van der Waals surface area contributed by atoms with Gasteiger partial charge in [-0.25, -0.2) is 0 Å². The molecule has 8 nitrogen and oxygen atoms in total. The van der Waals surface area contributed by atoms with Crippen molar-refractivity contribution in [1.82, 2.24) is 15.8 Å². The number of aryl methyl sites for hydroxylation is 1. The van der Waals surface area contributed by atoms with E-state index in [1.807, 2.05) is 0 Å². The van der Waals surface area contributed by atoms with Crippen LogP contribution < -0.4 is 10.6 Å². The molecule has 5 rings (SSSR count). The summed E-state index contributed by atoms with van der Waals surface area (Å²) < 4.78 is 17.1. The maximum Gasteiger partial charge on any atom is 0.478 e. The average Bonchev–Trinajstić information content (AvgIpc) is 3.19. The number of aromatic nitrogens is 1. The lowest BCUT2D eigenvalue weighted by atomic mass is 9.43. The van der Waals surface area contributed by atoms with Crippen molar-refractivity contribution in [2.45, 2.75) is 52.2 Å². The topological polar surface area (TPSA) is 103 Å². The van der Waals surface area contributed by atoms with Crippen LogP contribution in [0.25, 0.3) is 0 Å². The maximum absolute atomic E-state index is 12.0. The molecule has 1 aromatic heterocycles. The lowest BCUT2D eigenvalue weighted by molar-refractivity contribution is -0.199. The highest BCUT2D eigenvalue weighted by Crippen LogP contribution is 2.65. The number of carbonyl (C=O) groups is 2. The molecule has 1 aromatic rings. The summed E-state index contributed by atoms with van der Waals surface area (Å²) in [6, 6.07) is 1.52. The first-order valence-corrected chi connectivity index (χ1v) is 9.51. The van der Waals surface area contributed by atoms with Crippen LogP contribution >= 0.6 is 0 Å². The maximum atomic E-state index is 12.0. The zero-order valence-corrected chi connectivity index (χ0v) is 16.2. The highest BCUT2D eigenvalue weighted by atomic mass is 16.7. The van der Waals surface area contributed by atoms with Gasteiger partial charge in [0, 0.05) is 6.07 Å². The summed E-state index contributed by atoms with van der Waals surface area (Å²) in [5.41, 5.74) is 0.157. The van der Waals surface area contributed by atoms with Crippen LogP contribution in [0.3, 0.4) is 0 Å². The molecule has 1 aliphatic heterocycles. The second-order valence-corrected chi connectivity index (χ2v) is 8.71. The molecule has 2 N–H and O–H groups in total. The first kappa shape index (κ1) is 18.5. The molecule has 0 spiro atoms. The quantitative estimate of drug-likeness (QED) is 0.748. The van der Waals surface area contributed by atoms with Crippen molar-refractivity contribution in [2.75, 3.05) is 13.0 Å². The van der Waals surface area contributed by atoms with Crippen LogP contribution in [0.5, 0.6) is 0 Å². The molecule has 0 radical (unpaired) electrons. The lowest BCUT2D eigenvalue weighted by Gasteiger charge is -2.64. The van der Waals surface area contributed by atoms with E-state index in [1.165, 1.54) is 12.5 Å². The monoisotopic (exact) mass is 375 g/mol. The van der Waals surface area contributed by atoms with Crippen molar-refractivity contribution >= 4 is 18.9 Å². The van der Waals surface area contributed by atoms with Crippen molar-refractivity contribution < 1.29 is 23.4 Å². The van der Waals surface area contributed by atoms with E-state index in [9.17, 15) is 9.59 Å². The number of amides is 2. The Morgan fingerprint density at radius 3 is 2.74 bits per heavy atom. The Balaban J connectivity index is 1.24. The van der Waals surface area contributed by atoms with E-state index in [0.717, 1.165) is 6.42 Å². The van der Waals surface area contributed by atoms with Gasteiger partial charge in [-0.2, -0.15) is 0 Å². The van der Waals surface area contributed by atoms with Gasteiger partial charge in [-0.15, -0.1) is 0 Å². The number of hydrogen-bond acceptors (Lipinski definition) is 6. The molecule has 4 fully saturated rings. The van der Waals surface area contributed by atoms with Gasteiger partial charge in [0.1, 0.15) is 5.76 Å². The van der Waals surface area contributed by atoms with E-state index in [0.29, 0.717) is 17.6 Å². The van der Waals surface area contributed by atoms with Crippen molar-refractivity contribution in [1.29, 1.82) is 0 Å². The standard InChI is InChI=1S/C18H26BN3O5/c1-10-5-12(22-26-10)16(24)20-8-15(23)21-9-19-25-14-7-11-6-13(17(11,2)3)18(14,4)27-19/h5,11,13-14H,6-9H2,1-4H3,(H,20,24)(H,21,23)/t11-,13-,14+,18-/m0/s1. The van der Waals surface area contributed by atoms with Gasteiger partial charge in [-0.3, -0.25) is 9.59 Å². The Hall–Kier alpha value is -1.87. The average molecular weight is 375 g/mol. The molecule has 3 saturated carbocycles. The fraction of sp³-hybridized carbons (Fsp3) is 0.722. The van der Waals surface area contributed by atoms with E-state index < -0.39 is 13.0 Å². The summed E-state index contributed by atoms with van der Waals surface area (Å²) in [5.74, 6) is 0.958. The smallest absolute Gasteiger partial charge is 0.404 e. The zero-order valence-electron chi connectivity index (χ0n) is 16.2. The van der Waals surface area contributed by atoms with Gasteiger partial charge in [-0.1, -0.05) is 19.0 Å². The number of nitrogens with zero attached hydrogens (tertiary/aromatic N) is 1. The molecule has 4 aliphatic rings. The largest absolute Gasteiger partial charge is 0.478 e. The Bertz CT molecular complexity index is 766. The third-order valence-corrected chi connectivity index (χ3v) is 6.74. The van der Waals surface area contributed by atoms with Gasteiger partial charge >= 0.3 is 7.12 Å². The number of nitrogens with one attached hydrogen (secondary N) is 2. The van der Waals surface area contributed by atoms with E-state index >= 15 is 0 Å². The van der Waals surface area contributed by atoms with Crippen LogP contribution in [-0.2, 0) is 14.1 Å². The Morgan fingerprint density at radius 1 is 1.30 bits per heavy atom. The van der Waals surface area contributed by atoms with Crippen LogP contribution in [0.2, 0.25) is 0 Å². The first-order valence-electron chi connectivity index (χ1n) is 9.51. The molecular weight excluding hydrogens is 349 g/mol. The third kappa shape index (κ3) is 3.06. The Morgan fingerprint density at radius 2 is 2.07 bits per heavy atom. The molecule has 0 unspecified atom stereocenters. The summed E-state index contributed by atoms with van der Waals surface area (Å²) in [6.07, 6.45) is 2.56. The van der Waals surface area contributed by atoms with Crippen LogP contribution in [-0.4, -0.2) is 48.8 Å². The molecule has 0 aromatic carbocycles. The van der Waals surface area contributed by atoms with Gasteiger partial charge in [-0.05, 0) is 43.9 Å². The van der Waals surface area contributed by atoms with Gasteiger partial charge in [0.15, 0.2) is 5.69 Å². The summed E-state index contributed by atoms with van der Waals surface area (Å²) >= 11 is 0. The molecule has 2 heterocycles. The minimum absolute atomic E-state index is 0.0892. The summed E-state index contributed by atoms with van der Waals surface area (Å²) in [4.78, 5) is 23.9. The van der Waals surface area contributed by atoms with E-state index in [2.05, 4.69) is 36.6 Å². The summed E-state index contributed by atoms with van der Waals surface area (Å²) in [5, 5.41) is 8.89. The van der Waals surface area contributed by atoms with Crippen molar-refractivity contribution in [3.8, 4) is 0 Å². The zero-order chi connectivity index (χ0) is 19.4. The second-order valence-electron chi connectivity index (χ2n) is 8.71. The highest BCUT2D eigenvalue weighted by Gasteiger charge is 2.67. The Kier molecular flexibility index (Phi) is 4.34. The third-order valence-electron chi connectivity index (χ3n) is 6.74. The minimum Gasteiger partial charge on any atom is -0.404 e. The molecule has 3 aliphatic carbocycles. The molecule has 2 bridgehead atoms. The number of rotatable bonds is 5. The van der Waals surface area contributed by atoms with E-state index in [4.69, 9.17) is 13.8 Å². The molecule has 27 heavy (non-hydrogen) atoms. The Labute approximate surface area is 158 Å². The second kappa shape index (κ2) is 6.34. The molecule has 4 atom stereocenters. The normalized spacial score (nSPS) is 33.2.